The van der Waals surface area contributed by atoms with E-state index in [4.69, 9.17) is 4.42 Å². The second kappa shape index (κ2) is 7.42. The molecule has 2 N–H and O–H groups in total. The topological polar surface area (TPSA) is 71.3 Å². The van der Waals surface area contributed by atoms with Crippen LogP contribution in [0.15, 0.2) is 21.6 Å². The van der Waals surface area contributed by atoms with Crippen molar-refractivity contribution in [2.24, 2.45) is 11.3 Å². The summed E-state index contributed by atoms with van der Waals surface area (Å²) in [7, 11) is -3.57. The van der Waals surface area contributed by atoms with E-state index < -0.39 is 10.0 Å². The van der Waals surface area contributed by atoms with Crippen LogP contribution in [0.5, 0.6) is 0 Å². The third-order valence-corrected chi connectivity index (χ3v) is 4.73. The Morgan fingerprint density at radius 3 is 2.52 bits per heavy atom. The quantitative estimate of drug-likeness (QED) is 0.735. The minimum Gasteiger partial charge on any atom is -0.447 e. The van der Waals surface area contributed by atoms with Crippen LogP contribution in [0.1, 0.15) is 46.8 Å². The number of hydrogen-bond acceptors (Lipinski definition) is 4. The minimum absolute atomic E-state index is 0.0178. The summed E-state index contributed by atoms with van der Waals surface area (Å²) in [5.74, 6) is 1.17. The lowest BCUT2D eigenvalue weighted by molar-refractivity contribution is 0.345. The van der Waals surface area contributed by atoms with Crippen LogP contribution in [-0.2, 0) is 16.6 Å². The molecule has 0 amide bonds. The Bertz CT molecular complexity index is 533. The van der Waals surface area contributed by atoms with Crippen LogP contribution in [0.3, 0.4) is 0 Å². The van der Waals surface area contributed by atoms with Gasteiger partial charge in [0.2, 0.25) is 5.09 Å². The second-order valence-corrected chi connectivity index (χ2v) is 8.29. The average molecular weight is 316 g/mol. The Morgan fingerprint density at radius 1 is 1.29 bits per heavy atom. The van der Waals surface area contributed by atoms with E-state index >= 15 is 0 Å². The van der Waals surface area contributed by atoms with Gasteiger partial charge in [-0.05, 0) is 36.4 Å². The summed E-state index contributed by atoms with van der Waals surface area (Å²) in [6.45, 7) is 12.1. The fraction of sp³-hybridized carbons (Fsp3) is 0.733. The van der Waals surface area contributed by atoms with Crippen molar-refractivity contribution in [3.8, 4) is 0 Å². The van der Waals surface area contributed by atoms with Gasteiger partial charge in [0, 0.05) is 6.54 Å². The third kappa shape index (κ3) is 6.20. The molecule has 0 radical (unpaired) electrons. The molecule has 5 nitrogen and oxygen atoms in total. The lowest BCUT2D eigenvalue weighted by Crippen LogP contribution is -2.33. The van der Waals surface area contributed by atoms with Gasteiger partial charge in [-0.25, -0.2) is 13.1 Å². The molecule has 0 bridgehead atoms. The van der Waals surface area contributed by atoms with Gasteiger partial charge in [-0.3, -0.25) is 0 Å². The van der Waals surface area contributed by atoms with Crippen molar-refractivity contribution in [1.29, 1.82) is 0 Å². The van der Waals surface area contributed by atoms with Crippen LogP contribution in [0.2, 0.25) is 0 Å². The molecular formula is C15H28N2O3S. The normalized spacial score (nSPS) is 13.0. The fourth-order valence-corrected chi connectivity index (χ4v) is 2.76. The molecule has 0 aliphatic rings. The van der Waals surface area contributed by atoms with Crippen LogP contribution in [0, 0.1) is 11.3 Å². The van der Waals surface area contributed by atoms with Gasteiger partial charge in [-0.1, -0.05) is 34.6 Å². The zero-order chi connectivity index (χ0) is 16.1. The van der Waals surface area contributed by atoms with Gasteiger partial charge in [0.05, 0.1) is 6.54 Å². The summed E-state index contributed by atoms with van der Waals surface area (Å²) in [5, 5.41) is 3.20. The molecule has 1 heterocycles. The summed E-state index contributed by atoms with van der Waals surface area (Å²) < 4.78 is 32.4. The Hall–Kier alpha value is -0.850. The predicted molar refractivity (Wildman–Crippen MR) is 84.5 cm³/mol. The van der Waals surface area contributed by atoms with Crippen molar-refractivity contribution in [2.75, 3.05) is 13.1 Å². The second-order valence-electron chi connectivity index (χ2n) is 6.59. The molecule has 122 valence electrons. The van der Waals surface area contributed by atoms with Crippen LogP contribution in [0.4, 0.5) is 0 Å². The predicted octanol–water partition coefficient (Wildman–Crippen LogP) is 2.74. The van der Waals surface area contributed by atoms with Crippen LogP contribution < -0.4 is 10.0 Å². The molecular weight excluding hydrogens is 288 g/mol. The maximum Gasteiger partial charge on any atom is 0.273 e. The van der Waals surface area contributed by atoms with Crippen LogP contribution in [0.25, 0.3) is 0 Å². The molecule has 6 heteroatoms. The van der Waals surface area contributed by atoms with E-state index in [-0.39, 0.29) is 10.5 Å². The number of rotatable bonds is 9. The Kier molecular flexibility index (Phi) is 6.43. The first-order chi connectivity index (χ1) is 9.66. The highest BCUT2D eigenvalue weighted by Gasteiger charge is 2.23. The molecule has 0 unspecified atom stereocenters. The first-order valence-electron chi connectivity index (χ1n) is 7.45. The summed E-state index contributed by atoms with van der Waals surface area (Å²) in [5.41, 5.74) is -0.0681. The molecule has 1 aromatic rings. The van der Waals surface area contributed by atoms with E-state index in [1.807, 2.05) is 20.8 Å². The monoisotopic (exact) mass is 316 g/mol. The molecule has 21 heavy (non-hydrogen) atoms. The summed E-state index contributed by atoms with van der Waals surface area (Å²) >= 11 is 0. The van der Waals surface area contributed by atoms with Crippen molar-refractivity contribution in [2.45, 2.75) is 52.7 Å². The van der Waals surface area contributed by atoms with Crippen molar-refractivity contribution in [1.82, 2.24) is 10.0 Å². The largest absolute Gasteiger partial charge is 0.447 e. The van der Waals surface area contributed by atoms with E-state index in [9.17, 15) is 8.42 Å². The molecule has 0 aliphatic carbocycles. The van der Waals surface area contributed by atoms with Crippen molar-refractivity contribution in [3.05, 3.63) is 17.9 Å². The van der Waals surface area contributed by atoms with Gasteiger partial charge in [-0.15, -0.1) is 0 Å². The van der Waals surface area contributed by atoms with Gasteiger partial charge in [-0.2, -0.15) is 0 Å². The van der Waals surface area contributed by atoms with Crippen molar-refractivity contribution < 1.29 is 12.8 Å². The number of hydrogen-bond donors (Lipinski definition) is 2. The number of sulfonamides is 1. The van der Waals surface area contributed by atoms with Gasteiger partial charge < -0.3 is 9.73 Å². The molecule has 0 fully saturated rings. The Labute approximate surface area is 128 Å². The standard InChI is InChI=1S/C15H28N2O3S/c1-6-15(4,5)11-17-21(18,19)14-8-7-13(20-14)10-16-9-12(2)3/h7-8,12,16-17H,6,9-11H2,1-5H3. The molecule has 1 aromatic heterocycles. The lowest BCUT2D eigenvalue weighted by Gasteiger charge is -2.22. The lowest BCUT2D eigenvalue weighted by atomic mass is 9.91. The highest BCUT2D eigenvalue weighted by molar-refractivity contribution is 7.89. The smallest absolute Gasteiger partial charge is 0.273 e. The maximum absolute atomic E-state index is 12.2. The molecule has 0 aliphatic heterocycles. The average Bonchev–Trinajstić information content (AvgIpc) is 2.86. The fourth-order valence-electron chi connectivity index (χ4n) is 1.57. The molecule has 0 aromatic carbocycles. The zero-order valence-electron chi connectivity index (χ0n) is 13.7. The first kappa shape index (κ1) is 18.2. The van der Waals surface area contributed by atoms with E-state index in [1.54, 1.807) is 6.07 Å². The molecule has 1 rings (SSSR count). The van der Waals surface area contributed by atoms with Gasteiger partial charge in [0.1, 0.15) is 5.76 Å². The van der Waals surface area contributed by atoms with Gasteiger partial charge >= 0.3 is 0 Å². The van der Waals surface area contributed by atoms with Crippen LogP contribution in [-0.4, -0.2) is 21.5 Å². The molecule has 0 atom stereocenters. The SMILES string of the molecule is CCC(C)(C)CNS(=O)(=O)c1ccc(CNCC(C)C)o1. The Balaban J connectivity index is 2.62. The van der Waals surface area contributed by atoms with Crippen LogP contribution >= 0.6 is 0 Å². The molecule has 0 saturated heterocycles. The summed E-state index contributed by atoms with van der Waals surface area (Å²) in [6, 6.07) is 3.21. The van der Waals surface area contributed by atoms with E-state index in [0.29, 0.717) is 24.8 Å². The minimum atomic E-state index is -3.57. The summed E-state index contributed by atoms with van der Waals surface area (Å²) in [6.07, 6.45) is 0.901. The highest BCUT2D eigenvalue weighted by atomic mass is 32.2. The van der Waals surface area contributed by atoms with Gasteiger partial charge in [0.25, 0.3) is 10.0 Å². The molecule has 0 spiro atoms. The number of nitrogens with one attached hydrogen (secondary N) is 2. The van der Waals surface area contributed by atoms with Gasteiger partial charge in [0.15, 0.2) is 0 Å². The first-order valence-corrected chi connectivity index (χ1v) is 8.94. The van der Waals surface area contributed by atoms with Crippen molar-refractivity contribution in [3.63, 3.8) is 0 Å². The highest BCUT2D eigenvalue weighted by Crippen LogP contribution is 2.20. The van der Waals surface area contributed by atoms with E-state index in [1.165, 1.54) is 6.07 Å². The third-order valence-electron chi connectivity index (χ3n) is 3.45. The zero-order valence-corrected chi connectivity index (χ0v) is 14.5. The van der Waals surface area contributed by atoms with E-state index in [2.05, 4.69) is 23.9 Å². The van der Waals surface area contributed by atoms with E-state index in [0.717, 1.165) is 13.0 Å². The van der Waals surface area contributed by atoms with Crippen molar-refractivity contribution >= 4 is 10.0 Å². The Morgan fingerprint density at radius 2 is 1.95 bits per heavy atom. The summed E-state index contributed by atoms with van der Waals surface area (Å²) in [4.78, 5) is 0. The maximum atomic E-state index is 12.2. The number of furan rings is 1. The molecule has 0 saturated carbocycles.